The van der Waals surface area contributed by atoms with Gasteiger partial charge >= 0.3 is 0 Å². The maximum atomic E-state index is 4.28. The van der Waals surface area contributed by atoms with E-state index in [4.69, 9.17) is 0 Å². The zero-order valence-corrected chi connectivity index (χ0v) is 14.3. The standard InChI is InChI=1S/C13H22N6.HI/c1-14-13(16-10-5-2-3-6-10)15-9-12-18-17-11-7-4-8-19(11)12;/h10H,2-9H2,1H3,(H2,14,15,16);1H. The summed E-state index contributed by atoms with van der Waals surface area (Å²) in [6.07, 6.45) is 7.40. The van der Waals surface area contributed by atoms with Crippen molar-refractivity contribution in [3.63, 3.8) is 0 Å². The molecule has 1 fully saturated rings. The van der Waals surface area contributed by atoms with Crippen LogP contribution in [0.4, 0.5) is 0 Å². The lowest BCUT2D eigenvalue weighted by atomic mass is 10.2. The van der Waals surface area contributed by atoms with E-state index in [9.17, 15) is 0 Å². The first-order valence-corrected chi connectivity index (χ1v) is 7.25. The molecule has 1 aliphatic heterocycles. The van der Waals surface area contributed by atoms with Gasteiger partial charge in [0.2, 0.25) is 0 Å². The predicted molar refractivity (Wildman–Crippen MR) is 89.3 cm³/mol. The first-order chi connectivity index (χ1) is 9.36. The molecule has 2 aliphatic rings. The van der Waals surface area contributed by atoms with Crippen LogP contribution in [0.25, 0.3) is 0 Å². The van der Waals surface area contributed by atoms with E-state index in [1.165, 1.54) is 32.1 Å². The summed E-state index contributed by atoms with van der Waals surface area (Å²) in [6, 6.07) is 0.579. The van der Waals surface area contributed by atoms with Gasteiger partial charge in [-0.2, -0.15) is 0 Å². The molecule has 1 aromatic heterocycles. The second-order valence-electron chi connectivity index (χ2n) is 5.34. The summed E-state index contributed by atoms with van der Waals surface area (Å²) >= 11 is 0. The molecule has 0 radical (unpaired) electrons. The van der Waals surface area contributed by atoms with E-state index < -0.39 is 0 Å². The van der Waals surface area contributed by atoms with Crippen LogP contribution in [0.2, 0.25) is 0 Å². The van der Waals surface area contributed by atoms with E-state index in [-0.39, 0.29) is 24.0 Å². The number of aliphatic imine (C=N–C) groups is 1. The van der Waals surface area contributed by atoms with Gasteiger partial charge < -0.3 is 15.2 Å². The molecule has 1 saturated carbocycles. The van der Waals surface area contributed by atoms with Crippen LogP contribution in [0.1, 0.15) is 43.8 Å². The Balaban J connectivity index is 0.00000147. The Morgan fingerprint density at radius 2 is 2.10 bits per heavy atom. The van der Waals surface area contributed by atoms with Gasteiger partial charge in [0, 0.05) is 26.1 Å². The van der Waals surface area contributed by atoms with E-state index in [1.807, 2.05) is 7.05 Å². The lowest BCUT2D eigenvalue weighted by Gasteiger charge is -2.16. The first-order valence-electron chi connectivity index (χ1n) is 7.25. The number of rotatable bonds is 3. The van der Waals surface area contributed by atoms with Crippen molar-refractivity contribution in [1.29, 1.82) is 0 Å². The monoisotopic (exact) mass is 390 g/mol. The highest BCUT2D eigenvalue weighted by molar-refractivity contribution is 14.0. The second kappa shape index (κ2) is 7.24. The van der Waals surface area contributed by atoms with E-state index in [2.05, 4.69) is 30.4 Å². The van der Waals surface area contributed by atoms with E-state index in [1.54, 1.807) is 0 Å². The Bertz CT molecular complexity index is 463. The van der Waals surface area contributed by atoms with Gasteiger partial charge in [0.1, 0.15) is 5.82 Å². The molecule has 0 unspecified atom stereocenters. The number of halogens is 1. The van der Waals surface area contributed by atoms with Gasteiger partial charge in [-0.1, -0.05) is 12.8 Å². The molecule has 1 aliphatic carbocycles. The van der Waals surface area contributed by atoms with Crippen LogP contribution >= 0.6 is 24.0 Å². The molecule has 0 amide bonds. The maximum absolute atomic E-state index is 4.28. The van der Waals surface area contributed by atoms with Gasteiger partial charge in [0.25, 0.3) is 0 Å². The summed E-state index contributed by atoms with van der Waals surface area (Å²) in [6.45, 7) is 1.74. The molecule has 0 spiro atoms. The van der Waals surface area contributed by atoms with Crippen molar-refractivity contribution in [3.05, 3.63) is 11.6 Å². The van der Waals surface area contributed by atoms with Crippen molar-refractivity contribution in [2.24, 2.45) is 4.99 Å². The highest BCUT2D eigenvalue weighted by Crippen LogP contribution is 2.17. The average Bonchev–Trinajstić information content (AvgIpc) is 3.12. The number of guanidine groups is 1. The van der Waals surface area contributed by atoms with Crippen LogP contribution in [-0.4, -0.2) is 33.8 Å². The second-order valence-corrected chi connectivity index (χ2v) is 5.34. The third-order valence-electron chi connectivity index (χ3n) is 4.02. The van der Waals surface area contributed by atoms with Crippen LogP contribution in [0.3, 0.4) is 0 Å². The molecule has 0 aromatic carbocycles. The van der Waals surface area contributed by atoms with E-state index in [0.29, 0.717) is 12.6 Å². The minimum atomic E-state index is 0. The number of hydrogen-bond donors (Lipinski definition) is 2. The van der Waals surface area contributed by atoms with Gasteiger partial charge in [0.15, 0.2) is 11.8 Å². The first kappa shape index (κ1) is 15.5. The van der Waals surface area contributed by atoms with E-state index in [0.717, 1.165) is 30.6 Å². The summed E-state index contributed by atoms with van der Waals surface area (Å²) in [4.78, 5) is 4.28. The van der Waals surface area contributed by atoms with Crippen molar-refractivity contribution >= 4 is 29.9 Å². The van der Waals surface area contributed by atoms with Crippen LogP contribution in [0.15, 0.2) is 4.99 Å². The average molecular weight is 390 g/mol. The molecule has 2 N–H and O–H groups in total. The third-order valence-corrected chi connectivity index (χ3v) is 4.02. The Kier molecular flexibility index (Phi) is 5.62. The van der Waals surface area contributed by atoms with Gasteiger partial charge in [-0.15, -0.1) is 34.2 Å². The number of aromatic nitrogens is 3. The lowest BCUT2D eigenvalue weighted by molar-refractivity contribution is 0.604. The summed E-state index contributed by atoms with van der Waals surface area (Å²) in [5, 5.41) is 15.3. The Labute approximate surface area is 136 Å². The number of nitrogens with one attached hydrogen (secondary N) is 2. The Hall–Kier alpha value is -0.860. The topological polar surface area (TPSA) is 67.1 Å². The van der Waals surface area contributed by atoms with Crippen LogP contribution in [0.5, 0.6) is 0 Å². The van der Waals surface area contributed by atoms with Gasteiger partial charge in [-0.25, -0.2) is 0 Å². The van der Waals surface area contributed by atoms with Crippen molar-refractivity contribution in [1.82, 2.24) is 25.4 Å². The zero-order valence-electron chi connectivity index (χ0n) is 11.9. The number of hydrogen-bond acceptors (Lipinski definition) is 3. The molecule has 0 atom stereocenters. The van der Waals surface area contributed by atoms with Crippen molar-refractivity contribution in [3.8, 4) is 0 Å². The fourth-order valence-electron chi connectivity index (χ4n) is 2.96. The summed E-state index contributed by atoms with van der Waals surface area (Å²) in [7, 11) is 1.82. The fraction of sp³-hybridized carbons (Fsp3) is 0.769. The van der Waals surface area contributed by atoms with Crippen LogP contribution in [0, 0.1) is 0 Å². The lowest BCUT2D eigenvalue weighted by Crippen LogP contribution is -2.42. The normalized spacial score (nSPS) is 18.8. The van der Waals surface area contributed by atoms with Crippen LogP contribution in [-0.2, 0) is 19.5 Å². The smallest absolute Gasteiger partial charge is 0.191 e. The molecule has 112 valence electrons. The number of aryl methyl sites for hydroxylation is 1. The van der Waals surface area contributed by atoms with Gasteiger partial charge in [-0.05, 0) is 19.3 Å². The summed E-state index contributed by atoms with van der Waals surface area (Å²) in [5.41, 5.74) is 0. The summed E-state index contributed by atoms with van der Waals surface area (Å²) in [5.74, 6) is 3.01. The fourth-order valence-corrected chi connectivity index (χ4v) is 2.96. The van der Waals surface area contributed by atoms with Crippen molar-refractivity contribution < 1.29 is 0 Å². The molecular formula is C13H23IN6. The van der Waals surface area contributed by atoms with Crippen molar-refractivity contribution in [2.45, 2.75) is 57.7 Å². The van der Waals surface area contributed by atoms with E-state index >= 15 is 0 Å². The predicted octanol–water partition coefficient (Wildman–Crippen LogP) is 1.45. The summed E-state index contributed by atoms with van der Waals surface area (Å²) < 4.78 is 2.22. The Morgan fingerprint density at radius 1 is 1.30 bits per heavy atom. The molecule has 20 heavy (non-hydrogen) atoms. The highest BCUT2D eigenvalue weighted by atomic mass is 127. The number of nitrogens with zero attached hydrogens (tertiary/aromatic N) is 4. The molecule has 2 heterocycles. The minimum Gasteiger partial charge on any atom is -0.354 e. The minimum absolute atomic E-state index is 0. The third kappa shape index (κ3) is 3.42. The van der Waals surface area contributed by atoms with Crippen molar-refractivity contribution in [2.75, 3.05) is 7.05 Å². The maximum Gasteiger partial charge on any atom is 0.191 e. The van der Waals surface area contributed by atoms with Gasteiger partial charge in [0.05, 0.1) is 6.54 Å². The SMILES string of the molecule is CN=C(NCc1nnc2n1CCC2)NC1CCCC1.I. The van der Waals surface area contributed by atoms with Gasteiger partial charge in [-0.3, -0.25) is 4.99 Å². The molecule has 7 heteroatoms. The molecule has 3 rings (SSSR count). The van der Waals surface area contributed by atoms with Crippen LogP contribution < -0.4 is 10.6 Å². The number of fused-ring (bicyclic) bond motifs is 1. The Morgan fingerprint density at radius 3 is 2.85 bits per heavy atom. The molecule has 0 bridgehead atoms. The highest BCUT2D eigenvalue weighted by Gasteiger charge is 2.18. The molecule has 0 saturated heterocycles. The largest absolute Gasteiger partial charge is 0.354 e. The molecule has 1 aromatic rings. The zero-order chi connectivity index (χ0) is 13.1. The quantitative estimate of drug-likeness (QED) is 0.466. The molecule has 6 nitrogen and oxygen atoms in total. The molecular weight excluding hydrogens is 367 g/mol.